The second kappa shape index (κ2) is 8.44. The Hall–Kier alpha value is -0.850. The summed E-state index contributed by atoms with van der Waals surface area (Å²) in [7, 11) is 0. The fourth-order valence-corrected chi connectivity index (χ4v) is 4.98. The summed E-state index contributed by atoms with van der Waals surface area (Å²) in [6.07, 6.45) is 9.70. The number of urea groups is 1. The van der Waals surface area contributed by atoms with Gasteiger partial charge in [0.1, 0.15) is 0 Å². The Bertz CT molecular complexity index is 465. The van der Waals surface area contributed by atoms with E-state index in [0.717, 1.165) is 71.9 Å². The highest BCUT2D eigenvalue weighted by molar-refractivity contribution is 5.75. The fraction of sp³-hybridized carbons (Fsp3) is 0.950. The molecule has 6 nitrogen and oxygen atoms in total. The van der Waals surface area contributed by atoms with E-state index in [2.05, 4.69) is 15.1 Å². The molecule has 1 atom stereocenters. The molecule has 6 heteroatoms. The molecule has 148 valence electrons. The topological polar surface area (TPSA) is 54.0 Å². The van der Waals surface area contributed by atoms with Crippen molar-refractivity contribution in [2.24, 2.45) is 5.92 Å². The molecule has 1 N–H and O–H groups in total. The maximum atomic E-state index is 13.0. The van der Waals surface area contributed by atoms with Crippen LogP contribution in [0.4, 0.5) is 4.79 Å². The van der Waals surface area contributed by atoms with Crippen LogP contribution >= 0.6 is 0 Å². The van der Waals surface area contributed by atoms with Crippen molar-refractivity contribution in [3.8, 4) is 0 Å². The molecule has 4 rings (SSSR count). The van der Waals surface area contributed by atoms with Crippen LogP contribution in [0.1, 0.15) is 51.4 Å². The standard InChI is InChI=1S/C20H35N3O3/c24-19(23(18-4-5-18)14-17-6-11-26-15-17)21-16-20(7-2-1-3-8-20)22-9-12-25-13-10-22/h17-18H,1-16H2,(H,21,24). The maximum absolute atomic E-state index is 13.0. The highest BCUT2D eigenvalue weighted by atomic mass is 16.5. The van der Waals surface area contributed by atoms with Gasteiger partial charge in [0.25, 0.3) is 0 Å². The van der Waals surface area contributed by atoms with Crippen molar-refractivity contribution >= 4 is 6.03 Å². The number of hydrogen-bond acceptors (Lipinski definition) is 4. The van der Waals surface area contributed by atoms with Crippen molar-refractivity contribution < 1.29 is 14.3 Å². The Morgan fingerprint density at radius 2 is 1.81 bits per heavy atom. The molecule has 2 saturated heterocycles. The van der Waals surface area contributed by atoms with Gasteiger partial charge < -0.3 is 19.7 Å². The van der Waals surface area contributed by atoms with Crippen LogP contribution in [0.25, 0.3) is 0 Å². The van der Waals surface area contributed by atoms with Gasteiger partial charge in [-0.2, -0.15) is 0 Å². The number of carbonyl (C=O) groups excluding carboxylic acids is 1. The average molecular weight is 366 g/mol. The maximum Gasteiger partial charge on any atom is 0.317 e. The van der Waals surface area contributed by atoms with Crippen LogP contribution in [0.2, 0.25) is 0 Å². The molecule has 0 spiro atoms. The number of amides is 2. The lowest BCUT2D eigenvalue weighted by molar-refractivity contribution is -0.0361. The van der Waals surface area contributed by atoms with E-state index in [-0.39, 0.29) is 11.6 Å². The molecule has 2 heterocycles. The van der Waals surface area contributed by atoms with Crippen LogP contribution < -0.4 is 5.32 Å². The summed E-state index contributed by atoms with van der Waals surface area (Å²) < 4.78 is 11.1. The molecular formula is C20H35N3O3. The lowest BCUT2D eigenvalue weighted by atomic mass is 9.80. The van der Waals surface area contributed by atoms with E-state index in [4.69, 9.17) is 9.47 Å². The third-order valence-corrected chi connectivity index (χ3v) is 6.76. The molecule has 26 heavy (non-hydrogen) atoms. The van der Waals surface area contributed by atoms with Crippen molar-refractivity contribution in [1.82, 2.24) is 15.1 Å². The number of nitrogens with one attached hydrogen (secondary N) is 1. The SMILES string of the molecule is O=C(NCC1(N2CCOCC2)CCCCC1)N(CC1CCOC1)C1CC1. The van der Waals surface area contributed by atoms with E-state index in [1.165, 1.54) is 32.1 Å². The van der Waals surface area contributed by atoms with Crippen LogP contribution in [0, 0.1) is 5.92 Å². The Morgan fingerprint density at radius 1 is 1.04 bits per heavy atom. The summed E-state index contributed by atoms with van der Waals surface area (Å²) in [4.78, 5) is 17.7. The summed E-state index contributed by atoms with van der Waals surface area (Å²) >= 11 is 0. The van der Waals surface area contributed by atoms with Crippen LogP contribution in [0.3, 0.4) is 0 Å². The van der Waals surface area contributed by atoms with Gasteiger partial charge in [-0.15, -0.1) is 0 Å². The van der Waals surface area contributed by atoms with E-state index >= 15 is 0 Å². The smallest absolute Gasteiger partial charge is 0.317 e. The van der Waals surface area contributed by atoms with E-state index < -0.39 is 0 Å². The van der Waals surface area contributed by atoms with Crippen LogP contribution in [-0.4, -0.2) is 80.0 Å². The van der Waals surface area contributed by atoms with Crippen molar-refractivity contribution in [2.45, 2.75) is 62.9 Å². The monoisotopic (exact) mass is 365 g/mol. The van der Waals surface area contributed by atoms with Crippen molar-refractivity contribution in [1.29, 1.82) is 0 Å². The molecule has 4 aliphatic rings. The summed E-state index contributed by atoms with van der Waals surface area (Å²) in [6, 6.07) is 0.610. The minimum atomic E-state index is 0.142. The Labute approximate surface area is 157 Å². The van der Waals surface area contributed by atoms with Gasteiger partial charge in [0.2, 0.25) is 0 Å². The lowest BCUT2D eigenvalue weighted by Gasteiger charge is -2.48. The molecule has 0 radical (unpaired) electrons. The highest BCUT2D eigenvalue weighted by Gasteiger charge is 2.40. The van der Waals surface area contributed by atoms with Gasteiger partial charge in [-0.1, -0.05) is 19.3 Å². The molecule has 0 bridgehead atoms. The van der Waals surface area contributed by atoms with Gasteiger partial charge in [0.15, 0.2) is 0 Å². The summed E-state index contributed by atoms with van der Waals surface area (Å²) in [5.74, 6) is 0.518. The van der Waals surface area contributed by atoms with Crippen molar-refractivity contribution in [3.63, 3.8) is 0 Å². The molecule has 0 aromatic heterocycles. The average Bonchev–Trinajstić information content (AvgIpc) is 3.41. The molecular weight excluding hydrogens is 330 g/mol. The lowest BCUT2D eigenvalue weighted by Crippen LogP contribution is -2.60. The quantitative estimate of drug-likeness (QED) is 0.784. The molecule has 0 aromatic carbocycles. The molecule has 0 aromatic rings. The molecule has 2 saturated carbocycles. The zero-order valence-electron chi connectivity index (χ0n) is 16.1. The second-order valence-corrected chi connectivity index (χ2v) is 8.66. The van der Waals surface area contributed by atoms with Crippen LogP contribution in [0.15, 0.2) is 0 Å². The van der Waals surface area contributed by atoms with E-state index in [1.807, 2.05) is 0 Å². The van der Waals surface area contributed by atoms with Crippen molar-refractivity contribution in [3.05, 3.63) is 0 Å². The van der Waals surface area contributed by atoms with E-state index in [0.29, 0.717) is 12.0 Å². The predicted molar refractivity (Wildman–Crippen MR) is 100 cm³/mol. The van der Waals surface area contributed by atoms with Gasteiger partial charge in [0.05, 0.1) is 19.8 Å². The Morgan fingerprint density at radius 3 is 2.46 bits per heavy atom. The molecule has 1 unspecified atom stereocenters. The largest absolute Gasteiger partial charge is 0.381 e. The molecule has 2 aliphatic carbocycles. The van der Waals surface area contributed by atoms with Gasteiger partial charge in [-0.25, -0.2) is 4.79 Å². The van der Waals surface area contributed by atoms with Gasteiger partial charge in [-0.3, -0.25) is 4.90 Å². The molecule has 4 fully saturated rings. The first kappa shape index (κ1) is 18.5. The first-order valence-electron chi connectivity index (χ1n) is 10.7. The van der Waals surface area contributed by atoms with E-state index in [1.54, 1.807) is 0 Å². The summed E-state index contributed by atoms with van der Waals surface area (Å²) in [5.41, 5.74) is 0.142. The third-order valence-electron chi connectivity index (χ3n) is 6.76. The van der Waals surface area contributed by atoms with Gasteiger partial charge in [-0.05, 0) is 32.1 Å². The number of nitrogens with zero attached hydrogens (tertiary/aromatic N) is 2. The number of carbonyl (C=O) groups is 1. The zero-order chi connectivity index (χ0) is 17.8. The number of hydrogen-bond donors (Lipinski definition) is 1. The number of morpholine rings is 1. The van der Waals surface area contributed by atoms with Crippen LogP contribution in [0.5, 0.6) is 0 Å². The third kappa shape index (κ3) is 4.34. The predicted octanol–water partition coefficient (Wildman–Crippen LogP) is 2.23. The fourth-order valence-electron chi connectivity index (χ4n) is 4.98. The van der Waals surface area contributed by atoms with Crippen molar-refractivity contribution in [2.75, 3.05) is 52.6 Å². The molecule has 2 amide bonds. The zero-order valence-corrected chi connectivity index (χ0v) is 16.1. The highest BCUT2D eigenvalue weighted by Crippen LogP contribution is 2.34. The Kier molecular flexibility index (Phi) is 6.01. The number of ether oxygens (including phenoxy) is 2. The summed E-state index contributed by atoms with van der Waals surface area (Å²) in [6.45, 7) is 6.97. The minimum Gasteiger partial charge on any atom is -0.381 e. The van der Waals surface area contributed by atoms with Gasteiger partial charge >= 0.3 is 6.03 Å². The first-order chi connectivity index (χ1) is 12.8. The second-order valence-electron chi connectivity index (χ2n) is 8.66. The van der Waals surface area contributed by atoms with Crippen LogP contribution in [-0.2, 0) is 9.47 Å². The Balaban J connectivity index is 1.36. The van der Waals surface area contributed by atoms with E-state index in [9.17, 15) is 4.79 Å². The molecule has 2 aliphatic heterocycles. The summed E-state index contributed by atoms with van der Waals surface area (Å²) in [5, 5.41) is 3.35. The minimum absolute atomic E-state index is 0.142. The normalized spacial score (nSPS) is 29.5. The van der Waals surface area contributed by atoms with Gasteiger partial charge in [0, 0.05) is 50.3 Å². The number of rotatable bonds is 6. The first-order valence-corrected chi connectivity index (χ1v) is 10.7.